The Hall–Kier alpha value is -2.22. The topological polar surface area (TPSA) is 47.6 Å². The molecule has 0 saturated carbocycles. The SMILES string of the molecule is CC(C)(C)OC(=O)Nc1cc(C(F)(F)F)ccc1Oc1ccc(Br)cc1. The van der Waals surface area contributed by atoms with E-state index in [2.05, 4.69) is 21.2 Å². The summed E-state index contributed by atoms with van der Waals surface area (Å²) in [6, 6.07) is 9.56. The van der Waals surface area contributed by atoms with E-state index in [1.165, 1.54) is 0 Å². The smallest absolute Gasteiger partial charge is 0.416 e. The third-order valence-corrected chi connectivity index (χ3v) is 3.51. The third-order valence-electron chi connectivity index (χ3n) is 2.98. The summed E-state index contributed by atoms with van der Waals surface area (Å²) in [5.74, 6) is 0.464. The van der Waals surface area contributed by atoms with Gasteiger partial charge in [-0.25, -0.2) is 4.79 Å². The van der Waals surface area contributed by atoms with Crippen molar-refractivity contribution in [2.45, 2.75) is 32.5 Å². The van der Waals surface area contributed by atoms with E-state index in [4.69, 9.17) is 9.47 Å². The van der Waals surface area contributed by atoms with Crippen molar-refractivity contribution in [2.24, 2.45) is 0 Å². The van der Waals surface area contributed by atoms with Crippen molar-refractivity contribution < 1.29 is 27.4 Å². The number of carbonyl (C=O) groups excluding carboxylic acids is 1. The highest BCUT2D eigenvalue weighted by atomic mass is 79.9. The highest BCUT2D eigenvalue weighted by Crippen LogP contribution is 2.37. The van der Waals surface area contributed by atoms with Crippen LogP contribution in [0.4, 0.5) is 23.7 Å². The van der Waals surface area contributed by atoms with Gasteiger partial charge in [-0.05, 0) is 63.2 Å². The van der Waals surface area contributed by atoms with Gasteiger partial charge in [-0.3, -0.25) is 5.32 Å². The molecule has 0 heterocycles. The summed E-state index contributed by atoms with van der Waals surface area (Å²) in [6.45, 7) is 4.95. The molecule has 4 nitrogen and oxygen atoms in total. The maximum atomic E-state index is 13.0. The number of alkyl halides is 3. The van der Waals surface area contributed by atoms with Gasteiger partial charge in [0.2, 0.25) is 0 Å². The van der Waals surface area contributed by atoms with Crippen molar-refractivity contribution in [1.29, 1.82) is 0 Å². The van der Waals surface area contributed by atoms with Crippen molar-refractivity contribution in [1.82, 2.24) is 0 Å². The van der Waals surface area contributed by atoms with E-state index in [1.54, 1.807) is 45.0 Å². The lowest BCUT2D eigenvalue weighted by Crippen LogP contribution is -2.27. The zero-order chi connectivity index (χ0) is 19.5. The van der Waals surface area contributed by atoms with Crippen LogP contribution in [0.1, 0.15) is 26.3 Å². The number of halogens is 4. The van der Waals surface area contributed by atoms with Gasteiger partial charge in [-0.2, -0.15) is 13.2 Å². The van der Waals surface area contributed by atoms with Gasteiger partial charge in [0.1, 0.15) is 11.4 Å². The Morgan fingerprint density at radius 1 is 1.04 bits per heavy atom. The fourth-order valence-electron chi connectivity index (χ4n) is 1.94. The Morgan fingerprint density at radius 2 is 1.65 bits per heavy atom. The summed E-state index contributed by atoms with van der Waals surface area (Å²) >= 11 is 3.28. The van der Waals surface area contributed by atoms with Crippen LogP contribution in [-0.4, -0.2) is 11.7 Å². The van der Waals surface area contributed by atoms with E-state index < -0.39 is 23.4 Å². The maximum absolute atomic E-state index is 13.0. The third kappa shape index (κ3) is 5.94. The molecule has 2 rings (SSSR count). The molecule has 26 heavy (non-hydrogen) atoms. The molecule has 0 atom stereocenters. The van der Waals surface area contributed by atoms with Crippen LogP contribution in [0, 0.1) is 0 Å². The fourth-order valence-corrected chi connectivity index (χ4v) is 2.20. The van der Waals surface area contributed by atoms with Gasteiger partial charge in [0.05, 0.1) is 11.3 Å². The van der Waals surface area contributed by atoms with Gasteiger partial charge in [-0.1, -0.05) is 15.9 Å². The monoisotopic (exact) mass is 431 g/mol. The van der Waals surface area contributed by atoms with E-state index in [0.717, 1.165) is 22.7 Å². The van der Waals surface area contributed by atoms with Crippen LogP contribution in [0.5, 0.6) is 11.5 Å². The van der Waals surface area contributed by atoms with Crippen LogP contribution in [0.2, 0.25) is 0 Å². The van der Waals surface area contributed by atoms with Crippen LogP contribution in [0.25, 0.3) is 0 Å². The molecular formula is C18H17BrF3NO3. The lowest BCUT2D eigenvalue weighted by Gasteiger charge is -2.21. The van der Waals surface area contributed by atoms with Gasteiger partial charge in [0.15, 0.2) is 5.75 Å². The quantitative estimate of drug-likeness (QED) is 0.594. The average molecular weight is 432 g/mol. The minimum absolute atomic E-state index is 0.0613. The first-order chi connectivity index (χ1) is 11.9. The van der Waals surface area contributed by atoms with Gasteiger partial charge in [0, 0.05) is 4.47 Å². The highest BCUT2D eigenvalue weighted by molar-refractivity contribution is 9.10. The van der Waals surface area contributed by atoms with Crippen molar-refractivity contribution in [2.75, 3.05) is 5.32 Å². The predicted octanol–water partition coefficient (Wildman–Crippen LogP) is 6.61. The summed E-state index contributed by atoms with van der Waals surface area (Å²) in [4.78, 5) is 12.0. The number of hydrogen-bond donors (Lipinski definition) is 1. The number of amides is 1. The number of hydrogen-bond acceptors (Lipinski definition) is 3. The number of anilines is 1. The molecule has 0 saturated heterocycles. The second-order valence-electron chi connectivity index (χ2n) is 6.39. The lowest BCUT2D eigenvalue weighted by atomic mass is 10.1. The molecule has 0 radical (unpaired) electrons. The number of nitrogens with one attached hydrogen (secondary N) is 1. The standard InChI is InChI=1S/C18H17BrF3NO3/c1-17(2,3)26-16(24)23-14-10-11(18(20,21)22)4-9-15(14)25-13-7-5-12(19)6-8-13/h4-10H,1-3H3,(H,23,24). The number of benzene rings is 2. The molecule has 140 valence electrons. The molecule has 0 unspecified atom stereocenters. The molecule has 0 bridgehead atoms. The second kappa shape index (κ2) is 7.57. The first-order valence-electron chi connectivity index (χ1n) is 7.59. The van der Waals surface area contributed by atoms with Crippen molar-refractivity contribution in [3.05, 3.63) is 52.5 Å². The Morgan fingerprint density at radius 3 is 2.19 bits per heavy atom. The first-order valence-corrected chi connectivity index (χ1v) is 8.38. The summed E-state index contributed by atoms with van der Waals surface area (Å²) in [5, 5.41) is 2.32. The molecule has 1 amide bonds. The molecule has 2 aromatic rings. The van der Waals surface area contributed by atoms with E-state index in [0.29, 0.717) is 5.75 Å². The zero-order valence-corrected chi connectivity index (χ0v) is 15.9. The molecule has 8 heteroatoms. The summed E-state index contributed by atoms with van der Waals surface area (Å²) < 4.78 is 50.5. The van der Waals surface area contributed by atoms with Crippen LogP contribution in [0.15, 0.2) is 46.9 Å². The molecule has 0 fully saturated rings. The summed E-state index contributed by atoms with van der Waals surface area (Å²) in [6.07, 6.45) is -5.43. The summed E-state index contributed by atoms with van der Waals surface area (Å²) in [7, 11) is 0. The van der Waals surface area contributed by atoms with Gasteiger partial charge >= 0.3 is 12.3 Å². The van der Waals surface area contributed by atoms with Crippen LogP contribution in [-0.2, 0) is 10.9 Å². The minimum Gasteiger partial charge on any atom is -0.455 e. The van der Waals surface area contributed by atoms with Crippen LogP contribution >= 0.6 is 15.9 Å². The van der Waals surface area contributed by atoms with E-state index in [9.17, 15) is 18.0 Å². The fraction of sp³-hybridized carbons (Fsp3) is 0.278. The van der Waals surface area contributed by atoms with Gasteiger partial charge < -0.3 is 9.47 Å². The maximum Gasteiger partial charge on any atom is 0.416 e. The normalized spacial score (nSPS) is 11.8. The number of ether oxygens (including phenoxy) is 2. The van der Waals surface area contributed by atoms with Gasteiger partial charge in [-0.15, -0.1) is 0 Å². The molecule has 2 aromatic carbocycles. The molecule has 0 aliphatic carbocycles. The van der Waals surface area contributed by atoms with Crippen LogP contribution < -0.4 is 10.1 Å². The lowest BCUT2D eigenvalue weighted by molar-refractivity contribution is -0.137. The van der Waals surface area contributed by atoms with E-state index in [1.807, 2.05) is 0 Å². The molecule has 1 N–H and O–H groups in total. The minimum atomic E-state index is -4.56. The van der Waals surface area contributed by atoms with E-state index in [-0.39, 0.29) is 11.4 Å². The van der Waals surface area contributed by atoms with Gasteiger partial charge in [0.25, 0.3) is 0 Å². The van der Waals surface area contributed by atoms with Crippen molar-refractivity contribution >= 4 is 27.7 Å². The van der Waals surface area contributed by atoms with Crippen molar-refractivity contribution in [3.63, 3.8) is 0 Å². The molecule has 0 spiro atoms. The Balaban J connectivity index is 2.33. The first kappa shape index (κ1) is 20.1. The van der Waals surface area contributed by atoms with Crippen LogP contribution in [0.3, 0.4) is 0 Å². The number of carbonyl (C=O) groups is 1. The van der Waals surface area contributed by atoms with E-state index >= 15 is 0 Å². The Labute approximate surface area is 157 Å². The predicted molar refractivity (Wildman–Crippen MR) is 95.5 cm³/mol. The second-order valence-corrected chi connectivity index (χ2v) is 7.31. The van der Waals surface area contributed by atoms with Crippen molar-refractivity contribution in [3.8, 4) is 11.5 Å². The number of rotatable bonds is 3. The largest absolute Gasteiger partial charge is 0.455 e. The zero-order valence-electron chi connectivity index (χ0n) is 14.3. The molecule has 0 aromatic heterocycles. The average Bonchev–Trinajstić information content (AvgIpc) is 2.48. The Kier molecular flexibility index (Phi) is 5.85. The Bertz CT molecular complexity index is 784. The molecular weight excluding hydrogens is 415 g/mol. The molecule has 0 aliphatic heterocycles. The summed E-state index contributed by atoms with van der Waals surface area (Å²) in [5.41, 5.74) is -1.85. The molecule has 0 aliphatic rings. The highest BCUT2D eigenvalue weighted by Gasteiger charge is 2.31.